The van der Waals surface area contributed by atoms with Gasteiger partial charge in [0, 0.05) is 25.0 Å². The molecule has 2 heterocycles. The third kappa shape index (κ3) is 3.95. The van der Waals surface area contributed by atoms with E-state index in [0.717, 1.165) is 17.0 Å². The average molecular weight is 337 g/mol. The second-order valence-corrected chi connectivity index (χ2v) is 5.39. The number of pyridine rings is 1. The van der Waals surface area contributed by atoms with Gasteiger partial charge in [-0.25, -0.2) is 4.79 Å². The summed E-state index contributed by atoms with van der Waals surface area (Å²) in [5.41, 5.74) is 3.37. The van der Waals surface area contributed by atoms with Gasteiger partial charge in [0.1, 0.15) is 5.75 Å². The molecule has 2 N–H and O–H groups in total. The first-order valence-electron chi connectivity index (χ1n) is 7.78. The second kappa shape index (κ2) is 7.48. The van der Waals surface area contributed by atoms with Crippen molar-refractivity contribution in [2.24, 2.45) is 7.05 Å². The molecule has 0 bridgehead atoms. The van der Waals surface area contributed by atoms with Crippen LogP contribution in [0.3, 0.4) is 0 Å². The summed E-state index contributed by atoms with van der Waals surface area (Å²) in [5, 5.41) is 9.99. The van der Waals surface area contributed by atoms with Crippen LogP contribution in [0, 0.1) is 0 Å². The SMILES string of the molecule is COc1ccccc1NC(=O)NCc1cc(-c2ccncc2)n(C)n1. The number of benzene rings is 1. The lowest BCUT2D eigenvalue weighted by Crippen LogP contribution is -2.28. The minimum atomic E-state index is -0.319. The number of anilines is 1. The predicted molar refractivity (Wildman–Crippen MR) is 95.3 cm³/mol. The van der Waals surface area contributed by atoms with Gasteiger partial charge in [0.15, 0.2) is 0 Å². The Hall–Kier alpha value is -3.35. The molecule has 128 valence electrons. The van der Waals surface area contributed by atoms with E-state index < -0.39 is 0 Å². The lowest BCUT2D eigenvalue weighted by Gasteiger charge is -2.10. The number of hydrogen-bond acceptors (Lipinski definition) is 4. The summed E-state index contributed by atoms with van der Waals surface area (Å²) in [6.45, 7) is 0.319. The highest BCUT2D eigenvalue weighted by Crippen LogP contribution is 2.23. The number of carbonyl (C=O) groups is 1. The van der Waals surface area contributed by atoms with Crippen LogP contribution in [0.1, 0.15) is 5.69 Å². The number of rotatable bonds is 5. The molecule has 0 radical (unpaired) electrons. The van der Waals surface area contributed by atoms with E-state index >= 15 is 0 Å². The Morgan fingerprint density at radius 2 is 1.96 bits per heavy atom. The Morgan fingerprint density at radius 1 is 1.20 bits per heavy atom. The maximum absolute atomic E-state index is 12.1. The van der Waals surface area contributed by atoms with E-state index in [1.54, 1.807) is 36.3 Å². The second-order valence-electron chi connectivity index (χ2n) is 5.39. The van der Waals surface area contributed by atoms with Crippen molar-refractivity contribution in [2.45, 2.75) is 6.54 Å². The molecule has 2 amide bonds. The van der Waals surface area contributed by atoms with Gasteiger partial charge in [0.05, 0.1) is 30.7 Å². The molecule has 0 atom stereocenters. The van der Waals surface area contributed by atoms with Crippen molar-refractivity contribution in [3.63, 3.8) is 0 Å². The minimum Gasteiger partial charge on any atom is -0.495 e. The van der Waals surface area contributed by atoms with Crippen molar-refractivity contribution in [1.29, 1.82) is 0 Å². The highest BCUT2D eigenvalue weighted by Gasteiger charge is 2.10. The molecule has 0 aliphatic rings. The summed E-state index contributed by atoms with van der Waals surface area (Å²) < 4.78 is 7.00. The lowest BCUT2D eigenvalue weighted by molar-refractivity contribution is 0.251. The van der Waals surface area contributed by atoms with Gasteiger partial charge in [-0.3, -0.25) is 9.67 Å². The Morgan fingerprint density at radius 3 is 2.72 bits per heavy atom. The van der Waals surface area contributed by atoms with Crippen molar-refractivity contribution in [3.05, 3.63) is 60.6 Å². The largest absolute Gasteiger partial charge is 0.495 e. The number of aromatic nitrogens is 3. The maximum atomic E-state index is 12.1. The van der Waals surface area contributed by atoms with Crippen LogP contribution in [0.25, 0.3) is 11.3 Å². The molecule has 0 aliphatic heterocycles. The summed E-state index contributed by atoms with van der Waals surface area (Å²) in [6, 6.07) is 12.7. The maximum Gasteiger partial charge on any atom is 0.319 e. The summed E-state index contributed by atoms with van der Waals surface area (Å²) >= 11 is 0. The number of para-hydroxylation sites is 2. The molecule has 0 spiro atoms. The van der Waals surface area contributed by atoms with Crippen LogP contribution in [0.15, 0.2) is 54.9 Å². The van der Waals surface area contributed by atoms with Crippen molar-refractivity contribution >= 4 is 11.7 Å². The van der Waals surface area contributed by atoms with Gasteiger partial charge in [-0.1, -0.05) is 12.1 Å². The third-order valence-electron chi connectivity index (χ3n) is 3.69. The molecule has 0 saturated heterocycles. The molecule has 0 fully saturated rings. The van der Waals surface area contributed by atoms with Crippen LogP contribution in [0.2, 0.25) is 0 Å². The highest BCUT2D eigenvalue weighted by molar-refractivity contribution is 5.90. The number of urea groups is 1. The Bertz CT molecular complexity index is 861. The smallest absolute Gasteiger partial charge is 0.319 e. The van der Waals surface area contributed by atoms with E-state index in [1.807, 2.05) is 37.4 Å². The van der Waals surface area contributed by atoms with Gasteiger partial charge in [-0.2, -0.15) is 5.10 Å². The first-order chi connectivity index (χ1) is 12.2. The van der Waals surface area contributed by atoms with E-state index in [2.05, 4.69) is 20.7 Å². The number of nitrogens with one attached hydrogen (secondary N) is 2. The molecule has 7 nitrogen and oxygen atoms in total. The zero-order valence-corrected chi connectivity index (χ0v) is 14.1. The van der Waals surface area contributed by atoms with Crippen LogP contribution in [-0.2, 0) is 13.6 Å². The van der Waals surface area contributed by atoms with Gasteiger partial charge in [0.25, 0.3) is 0 Å². The molecule has 3 aromatic rings. The van der Waals surface area contributed by atoms with Gasteiger partial charge >= 0.3 is 6.03 Å². The quantitative estimate of drug-likeness (QED) is 0.750. The van der Waals surface area contributed by atoms with Crippen LogP contribution >= 0.6 is 0 Å². The number of nitrogens with zero attached hydrogens (tertiary/aromatic N) is 3. The summed E-state index contributed by atoms with van der Waals surface area (Å²) in [5.74, 6) is 0.607. The molecule has 25 heavy (non-hydrogen) atoms. The fraction of sp³-hybridized carbons (Fsp3) is 0.167. The summed E-state index contributed by atoms with van der Waals surface area (Å²) in [4.78, 5) is 16.1. The van der Waals surface area contributed by atoms with Crippen LogP contribution in [0.5, 0.6) is 5.75 Å². The number of hydrogen-bond donors (Lipinski definition) is 2. The molecule has 1 aromatic carbocycles. The van der Waals surface area contributed by atoms with Crippen LogP contribution < -0.4 is 15.4 Å². The molecular formula is C18H19N5O2. The number of carbonyl (C=O) groups excluding carboxylic acids is 1. The predicted octanol–water partition coefficient (Wildman–Crippen LogP) is 2.81. The first-order valence-corrected chi connectivity index (χ1v) is 7.78. The van der Waals surface area contributed by atoms with Crippen LogP contribution in [0.4, 0.5) is 10.5 Å². The molecular weight excluding hydrogens is 318 g/mol. The van der Waals surface area contributed by atoms with Crippen LogP contribution in [-0.4, -0.2) is 27.9 Å². The fourth-order valence-corrected chi connectivity index (χ4v) is 2.49. The van der Waals surface area contributed by atoms with Crippen molar-refractivity contribution in [1.82, 2.24) is 20.1 Å². The number of aryl methyl sites for hydroxylation is 1. The van der Waals surface area contributed by atoms with E-state index in [9.17, 15) is 4.79 Å². The Balaban J connectivity index is 1.63. The molecule has 2 aromatic heterocycles. The van der Waals surface area contributed by atoms with E-state index in [-0.39, 0.29) is 6.03 Å². The molecule has 7 heteroatoms. The molecule has 3 rings (SSSR count). The Kier molecular flexibility index (Phi) is 4.94. The van der Waals surface area contributed by atoms with E-state index in [1.165, 1.54) is 0 Å². The van der Waals surface area contributed by atoms with Crippen molar-refractivity contribution < 1.29 is 9.53 Å². The summed E-state index contributed by atoms with van der Waals surface area (Å²) in [6.07, 6.45) is 3.47. The third-order valence-corrected chi connectivity index (χ3v) is 3.69. The topological polar surface area (TPSA) is 81.1 Å². The molecule has 0 saturated carbocycles. The monoisotopic (exact) mass is 337 g/mol. The number of methoxy groups -OCH3 is 1. The van der Waals surface area contributed by atoms with E-state index in [4.69, 9.17) is 4.74 Å². The van der Waals surface area contributed by atoms with Gasteiger partial charge in [0.2, 0.25) is 0 Å². The Labute approximate surface area is 145 Å². The number of ether oxygens (including phenoxy) is 1. The first kappa shape index (κ1) is 16.5. The van der Waals surface area contributed by atoms with Gasteiger partial charge < -0.3 is 15.4 Å². The zero-order valence-electron chi connectivity index (χ0n) is 14.1. The standard InChI is InChI=1S/C18H19N5O2/c1-23-16(13-7-9-19-10-8-13)11-14(22-23)12-20-18(24)21-15-5-3-4-6-17(15)25-2/h3-11H,12H2,1-2H3,(H2,20,21,24). The molecule has 0 unspecified atom stereocenters. The minimum absolute atomic E-state index is 0.319. The lowest BCUT2D eigenvalue weighted by atomic mass is 10.2. The van der Waals surface area contributed by atoms with Crippen molar-refractivity contribution in [3.8, 4) is 17.0 Å². The highest BCUT2D eigenvalue weighted by atomic mass is 16.5. The fourth-order valence-electron chi connectivity index (χ4n) is 2.49. The zero-order chi connectivity index (χ0) is 17.6. The summed E-state index contributed by atoms with van der Waals surface area (Å²) in [7, 11) is 3.43. The normalized spacial score (nSPS) is 10.3. The van der Waals surface area contributed by atoms with Crippen molar-refractivity contribution in [2.75, 3.05) is 12.4 Å². The average Bonchev–Trinajstić information content (AvgIpc) is 3.02. The number of amides is 2. The van der Waals surface area contributed by atoms with Gasteiger partial charge in [-0.15, -0.1) is 0 Å². The van der Waals surface area contributed by atoms with E-state index in [0.29, 0.717) is 18.0 Å². The molecule has 0 aliphatic carbocycles. The van der Waals surface area contributed by atoms with Gasteiger partial charge in [-0.05, 0) is 30.3 Å².